The largest absolute Gasteiger partial charge is 0.492 e. The minimum atomic E-state index is -0.254. The lowest BCUT2D eigenvalue weighted by Crippen LogP contribution is -2.35. The van der Waals surface area contributed by atoms with Crippen molar-refractivity contribution in [1.82, 2.24) is 10.3 Å². The Morgan fingerprint density at radius 1 is 1.33 bits per heavy atom. The Morgan fingerprint density at radius 2 is 2.23 bits per heavy atom. The van der Waals surface area contributed by atoms with Gasteiger partial charge < -0.3 is 19.7 Å². The highest BCUT2D eigenvalue weighted by molar-refractivity contribution is 7.22. The molecule has 0 saturated carbocycles. The molecule has 0 spiro atoms. The molecule has 0 bridgehead atoms. The van der Waals surface area contributed by atoms with Crippen LogP contribution in [0.15, 0.2) is 42.5 Å². The van der Waals surface area contributed by atoms with Crippen LogP contribution in [0.1, 0.15) is 12.0 Å². The van der Waals surface area contributed by atoms with Crippen LogP contribution >= 0.6 is 22.9 Å². The average Bonchev–Trinajstić information content (AvgIpc) is 3.38. The van der Waals surface area contributed by atoms with E-state index in [-0.39, 0.29) is 12.4 Å². The minimum absolute atomic E-state index is 0.252. The van der Waals surface area contributed by atoms with Crippen LogP contribution < -0.4 is 15.0 Å². The molecule has 3 aromatic rings. The molecule has 1 unspecified atom stereocenters. The summed E-state index contributed by atoms with van der Waals surface area (Å²) in [6.07, 6.45) is 1.33. The first-order valence-corrected chi connectivity index (χ1v) is 11.1. The number of fused-ring (bicyclic) bond motifs is 1. The predicted molar refractivity (Wildman–Crippen MR) is 121 cm³/mol. The van der Waals surface area contributed by atoms with Crippen LogP contribution in [-0.2, 0) is 16.0 Å². The number of hydrogen-bond donors (Lipinski definition) is 1. The molecule has 30 heavy (non-hydrogen) atoms. The van der Waals surface area contributed by atoms with Crippen molar-refractivity contribution in [1.29, 1.82) is 0 Å². The highest BCUT2D eigenvalue weighted by Gasteiger charge is 2.24. The van der Waals surface area contributed by atoms with Crippen molar-refractivity contribution in [3.63, 3.8) is 0 Å². The van der Waals surface area contributed by atoms with E-state index in [2.05, 4.69) is 10.2 Å². The van der Waals surface area contributed by atoms with Crippen LogP contribution in [-0.4, -0.2) is 50.3 Å². The molecule has 1 aliphatic heterocycles. The average molecular weight is 446 g/mol. The van der Waals surface area contributed by atoms with Gasteiger partial charge in [0.25, 0.3) is 0 Å². The van der Waals surface area contributed by atoms with Crippen molar-refractivity contribution in [3.8, 4) is 5.75 Å². The van der Waals surface area contributed by atoms with Crippen LogP contribution in [0, 0.1) is 0 Å². The number of esters is 1. The van der Waals surface area contributed by atoms with Crippen molar-refractivity contribution < 1.29 is 14.3 Å². The number of thiazole rings is 1. The van der Waals surface area contributed by atoms with Gasteiger partial charge in [0.15, 0.2) is 5.13 Å². The lowest BCUT2D eigenvalue weighted by Gasteiger charge is -2.16. The molecular formula is C22H24ClN3O3S. The predicted octanol–water partition coefficient (Wildman–Crippen LogP) is 3.91. The van der Waals surface area contributed by atoms with Gasteiger partial charge in [-0.05, 0) is 42.3 Å². The third-order valence-corrected chi connectivity index (χ3v) is 6.39. The Morgan fingerprint density at radius 3 is 3.10 bits per heavy atom. The number of anilines is 1. The van der Waals surface area contributed by atoms with Crippen LogP contribution in [0.4, 0.5) is 5.13 Å². The monoisotopic (exact) mass is 445 g/mol. The molecule has 0 amide bonds. The molecular weight excluding hydrogens is 422 g/mol. The molecule has 4 rings (SSSR count). The van der Waals surface area contributed by atoms with Gasteiger partial charge in [0.05, 0.1) is 23.7 Å². The summed E-state index contributed by atoms with van der Waals surface area (Å²) in [6.45, 7) is 3.25. The molecule has 158 valence electrons. The molecule has 2 heterocycles. The first-order valence-electron chi connectivity index (χ1n) is 9.94. The lowest BCUT2D eigenvalue weighted by atomic mass is 10.1. The number of halogens is 1. The number of benzene rings is 2. The standard InChI is InChI=1S/C22H24ClN3O3S/c1-28-21(27)12-15-3-2-4-18(11-15)29-10-8-24-17-7-9-26(14-17)22-25-19-6-5-16(23)13-20(19)30-22/h2-6,11,13,17,24H,7-10,12,14H2,1H3. The van der Waals surface area contributed by atoms with Gasteiger partial charge in [-0.1, -0.05) is 35.1 Å². The van der Waals surface area contributed by atoms with Crippen LogP contribution in [0.5, 0.6) is 5.75 Å². The highest BCUT2D eigenvalue weighted by atomic mass is 35.5. The van der Waals surface area contributed by atoms with Crippen molar-refractivity contribution >= 4 is 44.3 Å². The van der Waals surface area contributed by atoms with E-state index in [1.54, 1.807) is 11.3 Å². The smallest absolute Gasteiger partial charge is 0.309 e. The van der Waals surface area contributed by atoms with E-state index in [4.69, 9.17) is 26.1 Å². The van der Waals surface area contributed by atoms with Crippen molar-refractivity contribution in [2.75, 3.05) is 38.3 Å². The Bertz CT molecular complexity index is 1030. The van der Waals surface area contributed by atoms with Crippen LogP contribution in [0.25, 0.3) is 10.2 Å². The zero-order valence-electron chi connectivity index (χ0n) is 16.8. The van der Waals surface area contributed by atoms with Gasteiger partial charge in [-0.2, -0.15) is 0 Å². The number of nitrogens with zero attached hydrogens (tertiary/aromatic N) is 2. The summed E-state index contributed by atoms with van der Waals surface area (Å²) in [7, 11) is 1.39. The number of rotatable bonds is 8. The summed E-state index contributed by atoms with van der Waals surface area (Å²) in [5.41, 5.74) is 1.88. The van der Waals surface area contributed by atoms with E-state index >= 15 is 0 Å². The quantitative estimate of drug-likeness (QED) is 0.419. The maximum atomic E-state index is 11.4. The molecule has 1 aromatic heterocycles. The van der Waals surface area contributed by atoms with E-state index in [1.807, 2.05) is 42.5 Å². The number of aromatic nitrogens is 1. The molecule has 1 fully saturated rings. The first-order chi connectivity index (χ1) is 14.6. The fourth-order valence-electron chi connectivity index (χ4n) is 3.54. The molecule has 1 N–H and O–H groups in total. The van der Waals surface area contributed by atoms with Gasteiger partial charge in [0.1, 0.15) is 12.4 Å². The number of carbonyl (C=O) groups excluding carboxylic acids is 1. The topological polar surface area (TPSA) is 63.7 Å². The molecule has 1 saturated heterocycles. The number of carbonyl (C=O) groups is 1. The Labute approximate surface area is 184 Å². The lowest BCUT2D eigenvalue weighted by molar-refractivity contribution is -0.139. The zero-order valence-corrected chi connectivity index (χ0v) is 18.3. The second kappa shape index (κ2) is 9.64. The molecule has 6 nitrogen and oxygen atoms in total. The Balaban J connectivity index is 1.23. The first kappa shape index (κ1) is 20.9. The summed E-state index contributed by atoms with van der Waals surface area (Å²) < 4.78 is 11.7. The van der Waals surface area contributed by atoms with Crippen LogP contribution in [0.2, 0.25) is 5.02 Å². The van der Waals surface area contributed by atoms with Gasteiger partial charge in [-0.25, -0.2) is 4.98 Å². The van der Waals surface area contributed by atoms with Gasteiger partial charge in [-0.15, -0.1) is 0 Å². The maximum Gasteiger partial charge on any atom is 0.309 e. The van der Waals surface area contributed by atoms with Gasteiger partial charge in [0.2, 0.25) is 0 Å². The number of methoxy groups -OCH3 is 1. The molecule has 0 radical (unpaired) electrons. The summed E-state index contributed by atoms with van der Waals surface area (Å²) in [6, 6.07) is 13.8. The third-order valence-electron chi connectivity index (χ3n) is 5.08. The minimum Gasteiger partial charge on any atom is -0.492 e. The van der Waals surface area contributed by atoms with Crippen molar-refractivity contribution in [2.24, 2.45) is 0 Å². The van der Waals surface area contributed by atoms with E-state index in [1.165, 1.54) is 7.11 Å². The van der Waals surface area contributed by atoms with E-state index < -0.39 is 0 Å². The number of nitrogens with one attached hydrogen (secondary N) is 1. The normalized spacial score (nSPS) is 16.2. The number of hydrogen-bond acceptors (Lipinski definition) is 7. The molecule has 1 aliphatic rings. The van der Waals surface area contributed by atoms with Crippen LogP contribution in [0.3, 0.4) is 0 Å². The second-order valence-corrected chi connectivity index (χ2v) is 8.69. The Kier molecular flexibility index (Phi) is 6.72. The SMILES string of the molecule is COC(=O)Cc1cccc(OCCNC2CCN(c3nc4ccc(Cl)cc4s3)C2)c1. The van der Waals surface area contributed by atoms with E-state index in [9.17, 15) is 4.79 Å². The fraction of sp³-hybridized carbons (Fsp3) is 0.364. The summed E-state index contributed by atoms with van der Waals surface area (Å²) in [5, 5.41) is 5.36. The number of ether oxygens (including phenoxy) is 2. The second-order valence-electron chi connectivity index (χ2n) is 7.24. The molecule has 8 heteroatoms. The Hall–Kier alpha value is -2.35. The van der Waals surface area contributed by atoms with Crippen molar-refractivity contribution in [3.05, 3.63) is 53.1 Å². The highest BCUT2D eigenvalue weighted by Crippen LogP contribution is 2.32. The summed E-state index contributed by atoms with van der Waals surface area (Å²) >= 11 is 7.77. The zero-order chi connectivity index (χ0) is 20.9. The maximum absolute atomic E-state index is 11.4. The molecule has 1 atom stereocenters. The summed E-state index contributed by atoms with van der Waals surface area (Å²) in [5.74, 6) is 0.509. The van der Waals surface area contributed by atoms with E-state index in [0.717, 1.165) is 57.7 Å². The fourth-order valence-corrected chi connectivity index (χ4v) is 4.81. The van der Waals surface area contributed by atoms with Gasteiger partial charge in [0, 0.05) is 30.7 Å². The van der Waals surface area contributed by atoms with E-state index in [0.29, 0.717) is 12.6 Å². The molecule has 0 aliphatic carbocycles. The van der Waals surface area contributed by atoms with Gasteiger partial charge in [-0.3, -0.25) is 4.79 Å². The van der Waals surface area contributed by atoms with Crippen molar-refractivity contribution in [2.45, 2.75) is 18.9 Å². The molecule has 2 aromatic carbocycles. The third kappa shape index (κ3) is 5.22. The summed E-state index contributed by atoms with van der Waals surface area (Å²) in [4.78, 5) is 18.5. The van der Waals surface area contributed by atoms with Gasteiger partial charge >= 0.3 is 5.97 Å².